The molecule has 0 aliphatic carbocycles. The lowest BCUT2D eigenvalue weighted by Gasteiger charge is -2.12. The maximum Gasteiger partial charge on any atom is 0.416 e. The highest BCUT2D eigenvalue weighted by Crippen LogP contribution is 2.29. The fourth-order valence-electron chi connectivity index (χ4n) is 2.05. The zero-order valence-corrected chi connectivity index (χ0v) is 11.3. The molecule has 1 unspecified atom stereocenters. The van der Waals surface area contributed by atoms with Crippen molar-refractivity contribution in [3.05, 3.63) is 46.1 Å². The molecule has 0 fully saturated rings. The number of aromatic amines is 1. The van der Waals surface area contributed by atoms with E-state index in [2.05, 4.69) is 10.2 Å². The average molecular weight is 300 g/mol. The molecule has 21 heavy (non-hydrogen) atoms. The van der Waals surface area contributed by atoms with E-state index < -0.39 is 23.5 Å². The van der Waals surface area contributed by atoms with Crippen LogP contribution in [0.15, 0.2) is 29.1 Å². The normalized spacial score (nSPS) is 13.4. The van der Waals surface area contributed by atoms with Crippen LogP contribution >= 0.6 is 0 Å². The lowest BCUT2D eigenvalue weighted by molar-refractivity contribution is -0.137. The molecule has 2 rings (SSSR count). The summed E-state index contributed by atoms with van der Waals surface area (Å²) in [5, 5.41) is 6.14. The minimum absolute atomic E-state index is 0.295. The molecule has 3 N–H and O–H groups in total. The van der Waals surface area contributed by atoms with Gasteiger partial charge in [0.25, 0.3) is 0 Å². The molecule has 2 aromatic rings. The highest BCUT2D eigenvalue weighted by Gasteiger charge is 2.30. The van der Waals surface area contributed by atoms with Crippen LogP contribution in [-0.2, 0) is 6.18 Å². The summed E-state index contributed by atoms with van der Waals surface area (Å²) in [5.41, 5.74) is 4.92. The number of halogens is 3. The maximum absolute atomic E-state index is 12.5. The number of nitrogens with zero attached hydrogens (tertiary/aromatic N) is 2. The SMILES string of the molecule is CCCC(N)c1n[nH]c(=O)n1-c1ccc(C(F)(F)F)cc1. The Morgan fingerprint density at radius 1 is 1.33 bits per heavy atom. The van der Waals surface area contributed by atoms with Crippen molar-refractivity contribution in [3.63, 3.8) is 0 Å². The van der Waals surface area contributed by atoms with Gasteiger partial charge in [-0.05, 0) is 30.7 Å². The molecule has 0 aliphatic rings. The van der Waals surface area contributed by atoms with E-state index in [1.807, 2.05) is 6.92 Å². The predicted octanol–water partition coefficient (Wildman–Crippen LogP) is 2.38. The van der Waals surface area contributed by atoms with Crippen molar-refractivity contribution in [1.82, 2.24) is 14.8 Å². The number of H-pyrrole nitrogens is 1. The Morgan fingerprint density at radius 3 is 2.48 bits per heavy atom. The monoisotopic (exact) mass is 300 g/mol. The van der Waals surface area contributed by atoms with Crippen molar-refractivity contribution in [3.8, 4) is 5.69 Å². The second-order valence-corrected chi connectivity index (χ2v) is 4.66. The van der Waals surface area contributed by atoms with Gasteiger partial charge in [-0.15, -0.1) is 0 Å². The molecule has 0 aliphatic heterocycles. The van der Waals surface area contributed by atoms with Crippen molar-refractivity contribution >= 4 is 0 Å². The number of benzene rings is 1. The van der Waals surface area contributed by atoms with Crippen molar-refractivity contribution in [1.29, 1.82) is 0 Å². The lowest BCUT2D eigenvalue weighted by Crippen LogP contribution is -2.22. The number of hydrogen-bond acceptors (Lipinski definition) is 3. The van der Waals surface area contributed by atoms with Gasteiger partial charge in [0, 0.05) is 0 Å². The average Bonchev–Trinajstić information content (AvgIpc) is 2.80. The number of aromatic nitrogens is 3. The first-order valence-electron chi connectivity index (χ1n) is 6.45. The molecule has 5 nitrogen and oxygen atoms in total. The van der Waals surface area contributed by atoms with Crippen LogP contribution in [0.3, 0.4) is 0 Å². The number of nitrogens with one attached hydrogen (secondary N) is 1. The first-order chi connectivity index (χ1) is 9.84. The van der Waals surface area contributed by atoms with Gasteiger partial charge in [0.2, 0.25) is 0 Å². The van der Waals surface area contributed by atoms with Crippen LogP contribution in [0.5, 0.6) is 0 Å². The molecule has 0 radical (unpaired) electrons. The Kier molecular flexibility index (Phi) is 4.17. The van der Waals surface area contributed by atoms with Crippen LogP contribution in [-0.4, -0.2) is 14.8 Å². The quantitative estimate of drug-likeness (QED) is 0.910. The largest absolute Gasteiger partial charge is 0.416 e. The molecular formula is C13H15F3N4O. The predicted molar refractivity (Wildman–Crippen MR) is 71.0 cm³/mol. The van der Waals surface area contributed by atoms with E-state index in [1.54, 1.807) is 0 Å². The third-order valence-electron chi connectivity index (χ3n) is 3.08. The van der Waals surface area contributed by atoms with E-state index in [4.69, 9.17) is 5.73 Å². The number of rotatable bonds is 4. The summed E-state index contributed by atoms with van der Waals surface area (Å²) in [4.78, 5) is 11.8. The number of hydrogen-bond donors (Lipinski definition) is 2. The zero-order chi connectivity index (χ0) is 15.6. The lowest BCUT2D eigenvalue weighted by atomic mass is 10.1. The number of nitrogens with two attached hydrogens (primary N) is 1. The van der Waals surface area contributed by atoms with E-state index >= 15 is 0 Å². The van der Waals surface area contributed by atoms with Gasteiger partial charge in [-0.3, -0.25) is 0 Å². The molecular weight excluding hydrogens is 285 g/mol. The minimum Gasteiger partial charge on any atom is -0.321 e. The summed E-state index contributed by atoms with van der Waals surface area (Å²) in [7, 11) is 0. The third kappa shape index (κ3) is 3.15. The van der Waals surface area contributed by atoms with Crippen LogP contribution in [0.2, 0.25) is 0 Å². The fourth-order valence-corrected chi connectivity index (χ4v) is 2.05. The summed E-state index contributed by atoms with van der Waals surface area (Å²) in [6.45, 7) is 1.94. The van der Waals surface area contributed by atoms with Crippen LogP contribution in [0.4, 0.5) is 13.2 Å². The summed E-state index contributed by atoms with van der Waals surface area (Å²) < 4.78 is 38.8. The smallest absolute Gasteiger partial charge is 0.321 e. The van der Waals surface area contributed by atoms with Gasteiger partial charge >= 0.3 is 11.9 Å². The molecule has 8 heteroatoms. The molecule has 1 atom stereocenters. The van der Waals surface area contributed by atoms with Gasteiger partial charge in [-0.1, -0.05) is 13.3 Å². The molecule has 0 amide bonds. The van der Waals surface area contributed by atoms with Crippen LogP contribution in [0, 0.1) is 0 Å². The van der Waals surface area contributed by atoms with Crippen molar-refractivity contribution in [2.45, 2.75) is 32.0 Å². The third-order valence-corrected chi connectivity index (χ3v) is 3.08. The van der Waals surface area contributed by atoms with Crippen LogP contribution < -0.4 is 11.4 Å². The van der Waals surface area contributed by atoms with Gasteiger partial charge in [-0.2, -0.15) is 18.3 Å². The number of alkyl halides is 3. The molecule has 1 aromatic carbocycles. The van der Waals surface area contributed by atoms with Gasteiger partial charge < -0.3 is 5.73 Å². The Hall–Kier alpha value is -2.09. The van der Waals surface area contributed by atoms with E-state index in [9.17, 15) is 18.0 Å². The van der Waals surface area contributed by atoms with Gasteiger partial charge in [-0.25, -0.2) is 14.5 Å². The Balaban J connectivity index is 2.43. The second-order valence-electron chi connectivity index (χ2n) is 4.66. The highest BCUT2D eigenvalue weighted by molar-refractivity contribution is 5.36. The topological polar surface area (TPSA) is 76.7 Å². The van der Waals surface area contributed by atoms with E-state index in [0.717, 1.165) is 18.6 Å². The minimum atomic E-state index is -4.42. The summed E-state index contributed by atoms with van der Waals surface area (Å²) >= 11 is 0. The van der Waals surface area contributed by atoms with Crippen molar-refractivity contribution in [2.24, 2.45) is 5.73 Å². The van der Waals surface area contributed by atoms with Gasteiger partial charge in [0.1, 0.15) is 0 Å². The maximum atomic E-state index is 12.5. The summed E-state index contributed by atoms with van der Waals surface area (Å²) in [6.07, 6.45) is -3.00. The van der Waals surface area contributed by atoms with Crippen LogP contribution in [0.1, 0.15) is 37.2 Å². The van der Waals surface area contributed by atoms with Gasteiger partial charge in [0.05, 0.1) is 17.3 Å². The van der Waals surface area contributed by atoms with E-state index in [1.165, 1.54) is 16.7 Å². The Labute approximate surface area is 118 Å². The molecule has 1 aromatic heterocycles. The molecule has 114 valence electrons. The fraction of sp³-hybridized carbons (Fsp3) is 0.385. The first kappa shape index (κ1) is 15.3. The molecule has 0 saturated heterocycles. The molecule has 0 saturated carbocycles. The zero-order valence-electron chi connectivity index (χ0n) is 11.3. The van der Waals surface area contributed by atoms with Gasteiger partial charge in [0.15, 0.2) is 5.82 Å². The highest BCUT2D eigenvalue weighted by atomic mass is 19.4. The molecule has 1 heterocycles. The summed E-state index contributed by atoms with van der Waals surface area (Å²) in [6, 6.07) is 3.83. The molecule has 0 spiro atoms. The van der Waals surface area contributed by atoms with E-state index in [0.29, 0.717) is 17.9 Å². The Morgan fingerprint density at radius 2 is 1.95 bits per heavy atom. The molecule has 0 bridgehead atoms. The first-order valence-corrected chi connectivity index (χ1v) is 6.45. The van der Waals surface area contributed by atoms with E-state index in [-0.39, 0.29) is 0 Å². The van der Waals surface area contributed by atoms with Crippen LogP contribution in [0.25, 0.3) is 5.69 Å². The standard InChI is InChI=1S/C13H15F3N4O/c1-2-3-10(17)11-18-19-12(21)20(11)9-6-4-8(5-7-9)13(14,15)16/h4-7,10H,2-3,17H2,1H3,(H,19,21). The van der Waals surface area contributed by atoms with Crippen molar-refractivity contribution in [2.75, 3.05) is 0 Å². The Bertz CT molecular complexity index is 657. The summed E-state index contributed by atoms with van der Waals surface area (Å²) in [5.74, 6) is 0.307. The van der Waals surface area contributed by atoms with Crippen molar-refractivity contribution < 1.29 is 13.2 Å². The second kappa shape index (κ2) is 5.72.